The summed E-state index contributed by atoms with van der Waals surface area (Å²) in [6.45, 7) is 8.07. The number of carboxylic acid groups (broad SMARTS) is 1. The highest BCUT2D eigenvalue weighted by Crippen LogP contribution is 2.12. The van der Waals surface area contributed by atoms with Gasteiger partial charge in [0.15, 0.2) is 0 Å². The number of carbonyl (C=O) groups excluding carboxylic acids is 3. The number of carbonyl (C=O) groups is 4. The largest absolute Gasteiger partial charge is 0.480 e. The minimum Gasteiger partial charge on any atom is -0.480 e. The lowest BCUT2D eigenvalue weighted by atomic mass is 9.96. The van der Waals surface area contributed by atoms with Gasteiger partial charge < -0.3 is 32.5 Å². The maximum atomic E-state index is 13.2. The number of nitrogens with two attached hydrogens (primary N) is 2. The molecule has 8 N–H and O–H groups in total. The van der Waals surface area contributed by atoms with Crippen molar-refractivity contribution in [3.8, 4) is 0 Å². The van der Waals surface area contributed by atoms with Gasteiger partial charge in [-0.1, -0.05) is 40.5 Å². The van der Waals surface area contributed by atoms with Crippen molar-refractivity contribution in [1.29, 1.82) is 0 Å². The predicted octanol–water partition coefficient (Wildman–Crippen LogP) is 0.827. The summed E-state index contributed by atoms with van der Waals surface area (Å²) in [6.07, 6.45) is 5.01. The van der Waals surface area contributed by atoms with Crippen molar-refractivity contribution in [3.63, 3.8) is 0 Å². The molecule has 0 heterocycles. The summed E-state index contributed by atoms with van der Waals surface area (Å²) in [7, 11) is 0. The van der Waals surface area contributed by atoms with Crippen molar-refractivity contribution in [2.45, 2.75) is 90.4 Å². The molecule has 0 rings (SSSR count). The van der Waals surface area contributed by atoms with E-state index in [2.05, 4.69) is 16.0 Å². The monoisotopic (exact) mass is 503 g/mol. The maximum absolute atomic E-state index is 13.2. The van der Waals surface area contributed by atoms with Crippen LogP contribution in [0.1, 0.15) is 66.2 Å². The number of rotatable bonds is 18. The van der Waals surface area contributed by atoms with Gasteiger partial charge in [0, 0.05) is 0 Å². The maximum Gasteiger partial charge on any atom is 0.326 e. The third-order valence-corrected chi connectivity index (χ3v) is 6.31. The standard InChI is InChI=1S/C23H45N5O5S/c1-6-15(4)19(28-20(29)16(25)9-7-8-11-24)22(31)27-18(13-14(2)3)21(30)26-17(23(32)33)10-12-34-5/h14-19H,6-13,24-25H2,1-5H3,(H,26,30)(H,27,31)(H,28,29)(H,32,33). The van der Waals surface area contributed by atoms with Gasteiger partial charge in [-0.15, -0.1) is 0 Å². The summed E-state index contributed by atoms with van der Waals surface area (Å²) in [4.78, 5) is 50.2. The average Bonchev–Trinajstić information content (AvgIpc) is 2.78. The highest BCUT2D eigenvalue weighted by molar-refractivity contribution is 7.98. The molecular formula is C23H45N5O5S. The fourth-order valence-corrected chi connectivity index (χ4v) is 3.80. The summed E-state index contributed by atoms with van der Waals surface area (Å²) in [6, 6.07) is -3.59. The summed E-state index contributed by atoms with van der Waals surface area (Å²) < 4.78 is 0. The second-order valence-electron chi connectivity index (χ2n) is 9.13. The normalized spacial score (nSPS) is 15.6. The van der Waals surface area contributed by atoms with Gasteiger partial charge in [-0.2, -0.15) is 11.8 Å². The highest BCUT2D eigenvalue weighted by atomic mass is 32.2. The van der Waals surface area contributed by atoms with E-state index in [0.717, 1.165) is 6.42 Å². The molecule has 5 atom stereocenters. The van der Waals surface area contributed by atoms with Gasteiger partial charge in [-0.25, -0.2) is 4.79 Å². The summed E-state index contributed by atoms with van der Waals surface area (Å²) in [5.41, 5.74) is 11.5. The number of carboxylic acids is 1. The fraction of sp³-hybridized carbons (Fsp3) is 0.826. The number of aliphatic carboxylic acids is 1. The number of nitrogens with one attached hydrogen (secondary N) is 3. The molecule has 0 bridgehead atoms. The van der Waals surface area contributed by atoms with Gasteiger partial charge >= 0.3 is 5.97 Å². The molecular weight excluding hydrogens is 458 g/mol. The minimum atomic E-state index is -1.12. The molecule has 5 unspecified atom stereocenters. The molecule has 0 aromatic heterocycles. The summed E-state index contributed by atoms with van der Waals surface area (Å²) >= 11 is 1.49. The minimum absolute atomic E-state index is 0.0677. The Hall–Kier alpha value is -1.85. The quantitative estimate of drug-likeness (QED) is 0.149. The van der Waals surface area contributed by atoms with Crippen LogP contribution in [-0.2, 0) is 19.2 Å². The Labute approximate surface area is 208 Å². The Kier molecular flexibility index (Phi) is 16.6. The van der Waals surface area contributed by atoms with Crippen molar-refractivity contribution in [1.82, 2.24) is 16.0 Å². The Morgan fingerprint density at radius 3 is 2.03 bits per heavy atom. The van der Waals surface area contributed by atoms with Crippen molar-refractivity contribution in [3.05, 3.63) is 0 Å². The van der Waals surface area contributed by atoms with Crippen molar-refractivity contribution < 1.29 is 24.3 Å². The number of amides is 3. The van der Waals surface area contributed by atoms with Gasteiger partial charge in [-0.3, -0.25) is 14.4 Å². The second kappa shape index (κ2) is 17.6. The molecule has 0 radical (unpaired) electrons. The first-order valence-electron chi connectivity index (χ1n) is 12.1. The third-order valence-electron chi connectivity index (χ3n) is 5.66. The number of hydrogen-bond donors (Lipinski definition) is 6. The average molecular weight is 504 g/mol. The molecule has 0 saturated heterocycles. The molecule has 0 aromatic rings. The lowest BCUT2D eigenvalue weighted by molar-refractivity contribution is -0.142. The molecule has 0 aliphatic rings. The second-order valence-corrected chi connectivity index (χ2v) is 10.1. The molecule has 0 saturated carbocycles. The summed E-state index contributed by atoms with van der Waals surface area (Å²) in [5.74, 6) is -2.14. The zero-order chi connectivity index (χ0) is 26.3. The first kappa shape index (κ1) is 32.1. The molecule has 0 aliphatic carbocycles. The van der Waals surface area contributed by atoms with E-state index >= 15 is 0 Å². The van der Waals surface area contributed by atoms with Crippen LogP contribution in [0.3, 0.4) is 0 Å². The number of unbranched alkanes of at least 4 members (excludes halogenated alkanes) is 1. The van der Waals surface area contributed by atoms with E-state index in [4.69, 9.17) is 11.5 Å². The Morgan fingerprint density at radius 1 is 0.912 bits per heavy atom. The van der Waals surface area contributed by atoms with Crippen molar-refractivity contribution in [2.24, 2.45) is 23.3 Å². The van der Waals surface area contributed by atoms with E-state index in [1.165, 1.54) is 11.8 Å². The lowest BCUT2D eigenvalue weighted by Gasteiger charge is -2.28. The van der Waals surface area contributed by atoms with E-state index in [1.807, 2.05) is 34.0 Å². The smallest absolute Gasteiger partial charge is 0.326 e. The molecule has 10 nitrogen and oxygen atoms in total. The van der Waals surface area contributed by atoms with Crippen LogP contribution in [-0.4, -0.2) is 71.5 Å². The van der Waals surface area contributed by atoms with Gasteiger partial charge in [0.05, 0.1) is 6.04 Å². The van der Waals surface area contributed by atoms with Crippen molar-refractivity contribution >= 4 is 35.5 Å². The first-order valence-corrected chi connectivity index (χ1v) is 13.5. The SMILES string of the molecule is CCC(C)C(NC(=O)C(N)CCCCN)C(=O)NC(CC(C)C)C(=O)NC(CCSC)C(=O)O. The zero-order valence-corrected chi connectivity index (χ0v) is 22.1. The first-order chi connectivity index (χ1) is 16.0. The van der Waals surface area contributed by atoms with Crippen LogP contribution < -0.4 is 27.4 Å². The Balaban J connectivity index is 5.43. The van der Waals surface area contributed by atoms with E-state index in [-0.39, 0.29) is 18.3 Å². The van der Waals surface area contributed by atoms with Gasteiger partial charge in [0.25, 0.3) is 0 Å². The number of hydrogen-bond acceptors (Lipinski definition) is 7. The van der Waals surface area contributed by atoms with Crippen LogP contribution in [0.5, 0.6) is 0 Å². The molecule has 34 heavy (non-hydrogen) atoms. The van der Waals surface area contributed by atoms with E-state index in [1.54, 1.807) is 0 Å². The van der Waals surface area contributed by atoms with Gasteiger partial charge in [-0.05, 0) is 56.1 Å². The molecule has 0 fully saturated rings. The third kappa shape index (κ3) is 12.6. The summed E-state index contributed by atoms with van der Waals surface area (Å²) in [5, 5.41) is 17.5. The molecule has 198 valence electrons. The van der Waals surface area contributed by atoms with Crippen LogP contribution in [0.25, 0.3) is 0 Å². The van der Waals surface area contributed by atoms with E-state index in [9.17, 15) is 24.3 Å². The Morgan fingerprint density at radius 2 is 1.53 bits per heavy atom. The topological polar surface area (TPSA) is 177 Å². The van der Waals surface area contributed by atoms with Crippen LogP contribution in [0.2, 0.25) is 0 Å². The molecule has 0 aromatic carbocycles. The molecule has 0 spiro atoms. The van der Waals surface area contributed by atoms with Crippen LogP contribution in [0.15, 0.2) is 0 Å². The van der Waals surface area contributed by atoms with Crippen LogP contribution >= 0.6 is 11.8 Å². The molecule has 0 aliphatic heterocycles. The highest BCUT2D eigenvalue weighted by Gasteiger charge is 2.32. The van der Waals surface area contributed by atoms with E-state index < -0.39 is 47.9 Å². The van der Waals surface area contributed by atoms with Crippen LogP contribution in [0.4, 0.5) is 0 Å². The van der Waals surface area contributed by atoms with Gasteiger partial charge in [0.1, 0.15) is 18.1 Å². The zero-order valence-electron chi connectivity index (χ0n) is 21.3. The van der Waals surface area contributed by atoms with E-state index in [0.29, 0.717) is 38.0 Å². The predicted molar refractivity (Wildman–Crippen MR) is 136 cm³/mol. The van der Waals surface area contributed by atoms with Gasteiger partial charge in [0.2, 0.25) is 17.7 Å². The number of thioether (sulfide) groups is 1. The lowest BCUT2D eigenvalue weighted by Crippen LogP contribution is -2.58. The Bertz CT molecular complexity index is 649. The fourth-order valence-electron chi connectivity index (χ4n) is 3.33. The molecule has 11 heteroatoms. The van der Waals surface area contributed by atoms with Crippen molar-refractivity contribution in [2.75, 3.05) is 18.6 Å². The van der Waals surface area contributed by atoms with Crippen LogP contribution in [0, 0.1) is 11.8 Å². The molecule has 3 amide bonds.